The van der Waals surface area contributed by atoms with Gasteiger partial charge in [-0.1, -0.05) is 44.2 Å². The number of nitrogens with one attached hydrogen (secondary N) is 1. The lowest BCUT2D eigenvalue weighted by Crippen LogP contribution is -2.46. The number of hydrogen-bond donors (Lipinski definition) is 1. The Hall–Kier alpha value is -2.40. The molecule has 1 aromatic carbocycles. The third-order valence-corrected chi connectivity index (χ3v) is 4.64. The summed E-state index contributed by atoms with van der Waals surface area (Å²) in [4.78, 5) is 21.2. The van der Waals surface area contributed by atoms with Crippen LogP contribution in [0.1, 0.15) is 29.9 Å². The van der Waals surface area contributed by atoms with Crippen molar-refractivity contribution >= 4 is 11.6 Å². The van der Waals surface area contributed by atoms with Crippen molar-refractivity contribution in [1.29, 1.82) is 0 Å². The Morgan fingerprint density at radius 3 is 2.42 bits per heavy atom. The molecule has 0 atom stereocenters. The first-order chi connectivity index (χ1) is 12.6. The Balaban J connectivity index is 1.50. The number of rotatable bonds is 6. The van der Waals surface area contributed by atoms with Crippen molar-refractivity contribution in [3.8, 4) is 0 Å². The molecule has 1 aliphatic heterocycles. The van der Waals surface area contributed by atoms with Gasteiger partial charge in [0.25, 0.3) is 5.91 Å². The van der Waals surface area contributed by atoms with Gasteiger partial charge in [0.15, 0.2) is 0 Å². The van der Waals surface area contributed by atoms with Gasteiger partial charge in [0, 0.05) is 39.3 Å². The minimum absolute atomic E-state index is 0.0991. The summed E-state index contributed by atoms with van der Waals surface area (Å²) in [5, 5.41) is 2.90. The van der Waals surface area contributed by atoms with Gasteiger partial charge >= 0.3 is 0 Å². The van der Waals surface area contributed by atoms with E-state index in [2.05, 4.69) is 64.3 Å². The van der Waals surface area contributed by atoms with Crippen molar-refractivity contribution in [2.45, 2.75) is 20.4 Å². The number of nitrogens with zero attached hydrogens (tertiary/aromatic N) is 3. The molecule has 3 rings (SSSR count). The van der Waals surface area contributed by atoms with E-state index in [-0.39, 0.29) is 5.91 Å². The second kappa shape index (κ2) is 8.81. The Labute approximate surface area is 156 Å². The Morgan fingerprint density at radius 2 is 1.81 bits per heavy atom. The van der Waals surface area contributed by atoms with Crippen LogP contribution in [0.4, 0.5) is 5.69 Å². The molecule has 0 spiro atoms. The van der Waals surface area contributed by atoms with E-state index in [4.69, 9.17) is 0 Å². The van der Waals surface area contributed by atoms with Crippen molar-refractivity contribution in [1.82, 2.24) is 15.2 Å². The number of piperazine rings is 1. The first-order valence-electron chi connectivity index (χ1n) is 9.37. The summed E-state index contributed by atoms with van der Waals surface area (Å²) >= 11 is 0. The standard InChI is InChI=1S/C21H28N4O/c1-17(2)14-23-21(26)20-9-8-19(15-22-20)25-12-10-24(11-13-25)16-18-6-4-3-5-7-18/h3-9,15,17H,10-14,16H2,1-2H3,(H,23,26). The zero-order valence-corrected chi connectivity index (χ0v) is 15.7. The maximum Gasteiger partial charge on any atom is 0.269 e. The van der Waals surface area contributed by atoms with E-state index in [1.807, 2.05) is 18.3 Å². The van der Waals surface area contributed by atoms with Crippen molar-refractivity contribution in [2.24, 2.45) is 5.92 Å². The molecule has 0 unspecified atom stereocenters. The molecule has 5 nitrogen and oxygen atoms in total. The zero-order valence-electron chi connectivity index (χ0n) is 15.7. The fourth-order valence-electron chi connectivity index (χ4n) is 3.10. The fourth-order valence-corrected chi connectivity index (χ4v) is 3.10. The van der Waals surface area contributed by atoms with Gasteiger partial charge in [-0.25, -0.2) is 4.98 Å². The highest BCUT2D eigenvalue weighted by Gasteiger charge is 2.18. The van der Waals surface area contributed by atoms with Crippen LogP contribution in [0.3, 0.4) is 0 Å². The van der Waals surface area contributed by atoms with Crippen molar-refractivity contribution in [2.75, 3.05) is 37.6 Å². The summed E-state index contributed by atoms with van der Waals surface area (Å²) in [6.07, 6.45) is 1.82. The number of carbonyl (C=O) groups is 1. The number of carbonyl (C=O) groups excluding carboxylic acids is 1. The number of pyridine rings is 1. The topological polar surface area (TPSA) is 48.5 Å². The average Bonchev–Trinajstić information content (AvgIpc) is 2.68. The van der Waals surface area contributed by atoms with Gasteiger partial charge in [-0.15, -0.1) is 0 Å². The zero-order chi connectivity index (χ0) is 18.4. The summed E-state index contributed by atoms with van der Waals surface area (Å²) < 4.78 is 0. The van der Waals surface area contributed by atoms with Crippen LogP contribution in [0.2, 0.25) is 0 Å². The first-order valence-corrected chi connectivity index (χ1v) is 9.37. The van der Waals surface area contributed by atoms with Crippen LogP contribution < -0.4 is 10.2 Å². The molecule has 5 heteroatoms. The van der Waals surface area contributed by atoms with Gasteiger partial charge in [0.05, 0.1) is 11.9 Å². The van der Waals surface area contributed by atoms with E-state index in [9.17, 15) is 4.79 Å². The molecule has 1 saturated heterocycles. The first kappa shape index (κ1) is 18.4. The van der Waals surface area contributed by atoms with E-state index in [0.717, 1.165) is 38.4 Å². The molecule has 2 aromatic rings. The van der Waals surface area contributed by atoms with Crippen LogP contribution in [0.5, 0.6) is 0 Å². The van der Waals surface area contributed by atoms with Gasteiger partial charge in [-0.2, -0.15) is 0 Å². The third kappa shape index (κ3) is 5.05. The summed E-state index contributed by atoms with van der Waals surface area (Å²) in [6.45, 7) is 9.86. The van der Waals surface area contributed by atoms with E-state index < -0.39 is 0 Å². The minimum Gasteiger partial charge on any atom is -0.368 e. The lowest BCUT2D eigenvalue weighted by atomic mass is 10.2. The maximum absolute atomic E-state index is 12.1. The molecule has 1 N–H and O–H groups in total. The van der Waals surface area contributed by atoms with E-state index in [0.29, 0.717) is 18.2 Å². The molecular formula is C21H28N4O. The Morgan fingerprint density at radius 1 is 1.08 bits per heavy atom. The van der Waals surface area contributed by atoms with E-state index in [1.165, 1.54) is 5.56 Å². The fraction of sp³-hybridized carbons (Fsp3) is 0.429. The van der Waals surface area contributed by atoms with E-state index >= 15 is 0 Å². The minimum atomic E-state index is -0.0991. The maximum atomic E-state index is 12.1. The highest BCUT2D eigenvalue weighted by atomic mass is 16.1. The summed E-state index contributed by atoms with van der Waals surface area (Å²) in [6, 6.07) is 14.4. The van der Waals surface area contributed by atoms with E-state index in [1.54, 1.807) is 0 Å². The highest BCUT2D eigenvalue weighted by Crippen LogP contribution is 2.17. The second-order valence-electron chi connectivity index (χ2n) is 7.25. The van der Waals surface area contributed by atoms with Gasteiger partial charge in [0.1, 0.15) is 5.69 Å². The highest BCUT2D eigenvalue weighted by molar-refractivity contribution is 5.92. The van der Waals surface area contributed by atoms with Gasteiger partial charge < -0.3 is 10.2 Å². The molecule has 0 bridgehead atoms. The number of benzene rings is 1. The number of aromatic nitrogens is 1. The molecule has 0 saturated carbocycles. The molecule has 138 valence electrons. The predicted molar refractivity (Wildman–Crippen MR) is 105 cm³/mol. The van der Waals surface area contributed by atoms with Crippen molar-refractivity contribution < 1.29 is 4.79 Å². The largest absolute Gasteiger partial charge is 0.368 e. The van der Waals surface area contributed by atoms with Crippen LogP contribution in [0, 0.1) is 5.92 Å². The smallest absolute Gasteiger partial charge is 0.269 e. The monoisotopic (exact) mass is 352 g/mol. The molecule has 0 aliphatic carbocycles. The van der Waals surface area contributed by atoms with Crippen LogP contribution in [0.25, 0.3) is 0 Å². The molecule has 1 amide bonds. The van der Waals surface area contributed by atoms with Crippen LogP contribution in [-0.2, 0) is 6.54 Å². The molecule has 1 fully saturated rings. The lowest BCUT2D eigenvalue weighted by molar-refractivity contribution is 0.0944. The SMILES string of the molecule is CC(C)CNC(=O)c1ccc(N2CCN(Cc3ccccc3)CC2)cn1. The van der Waals surface area contributed by atoms with Gasteiger partial charge in [-0.05, 0) is 23.6 Å². The molecular weight excluding hydrogens is 324 g/mol. The quantitative estimate of drug-likeness (QED) is 0.868. The second-order valence-corrected chi connectivity index (χ2v) is 7.25. The average molecular weight is 352 g/mol. The third-order valence-electron chi connectivity index (χ3n) is 4.64. The summed E-state index contributed by atoms with van der Waals surface area (Å²) in [5.41, 5.74) is 2.93. The van der Waals surface area contributed by atoms with Crippen molar-refractivity contribution in [3.05, 3.63) is 59.9 Å². The summed E-state index contributed by atoms with van der Waals surface area (Å²) in [5.74, 6) is 0.336. The normalized spacial score (nSPS) is 15.3. The Kier molecular flexibility index (Phi) is 6.23. The van der Waals surface area contributed by atoms with Gasteiger partial charge in [0.2, 0.25) is 0 Å². The molecule has 1 aromatic heterocycles. The molecule has 2 heterocycles. The molecule has 0 radical (unpaired) electrons. The number of hydrogen-bond acceptors (Lipinski definition) is 4. The molecule has 26 heavy (non-hydrogen) atoms. The summed E-state index contributed by atoms with van der Waals surface area (Å²) in [7, 11) is 0. The van der Waals surface area contributed by atoms with Gasteiger partial charge in [-0.3, -0.25) is 9.69 Å². The van der Waals surface area contributed by atoms with Crippen LogP contribution in [0.15, 0.2) is 48.7 Å². The number of anilines is 1. The lowest BCUT2D eigenvalue weighted by Gasteiger charge is -2.36. The van der Waals surface area contributed by atoms with Crippen LogP contribution in [-0.4, -0.2) is 48.5 Å². The molecule has 1 aliphatic rings. The van der Waals surface area contributed by atoms with Crippen molar-refractivity contribution in [3.63, 3.8) is 0 Å². The predicted octanol–water partition coefficient (Wildman–Crippen LogP) is 2.79. The van der Waals surface area contributed by atoms with Crippen LogP contribution >= 0.6 is 0 Å². The number of amides is 1. The Bertz CT molecular complexity index is 692.